The normalized spacial score (nSPS) is 12.2. The first kappa shape index (κ1) is 16.1. The largest absolute Gasteiger partial charge is 0.370 e. The maximum atomic E-state index is 12.1. The highest BCUT2D eigenvalue weighted by molar-refractivity contribution is 5.92. The number of anilines is 1. The number of nitrogens with one attached hydrogen (secondary N) is 1. The summed E-state index contributed by atoms with van der Waals surface area (Å²) in [4.78, 5) is 14.2. The van der Waals surface area contributed by atoms with Gasteiger partial charge in [-0.15, -0.1) is 0 Å². The highest BCUT2D eigenvalue weighted by Gasteiger charge is 2.16. The summed E-state index contributed by atoms with van der Waals surface area (Å²) < 4.78 is 5.15. The molecule has 0 spiro atoms. The van der Waals surface area contributed by atoms with Crippen LogP contribution in [0.15, 0.2) is 40.9 Å². The van der Waals surface area contributed by atoms with Crippen molar-refractivity contribution in [3.05, 3.63) is 47.9 Å². The molecule has 1 unspecified atom stereocenters. The van der Waals surface area contributed by atoms with Crippen LogP contribution in [-0.2, 0) is 0 Å². The minimum atomic E-state index is -0.205. The second-order valence-corrected chi connectivity index (χ2v) is 5.77. The first-order valence-electron chi connectivity index (χ1n) is 7.51. The smallest absolute Gasteiger partial charge is 0.273 e. The minimum absolute atomic E-state index is 0.169. The van der Waals surface area contributed by atoms with Crippen molar-refractivity contribution in [3.63, 3.8) is 0 Å². The molecule has 22 heavy (non-hydrogen) atoms. The molecule has 1 aromatic heterocycles. The quantitative estimate of drug-likeness (QED) is 0.891. The van der Waals surface area contributed by atoms with Crippen molar-refractivity contribution < 1.29 is 9.32 Å². The molecule has 0 fully saturated rings. The lowest BCUT2D eigenvalue weighted by Gasteiger charge is -2.27. The second kappa shape index (κ2) is 7.11. The van der Waals surface area contributed by atoms with Gasteiger partial charge in [0, 0.05) is 37.3 Å². The van der Waals surface area contributed by atoms with Crippen molar-refractivity contribution in [2.24, 2.45) is 0 Å². The third-order valence-electron chi connectivity index (χ3n) is 3.71. The molecule has 1 N–H and O–H groups in total. The van der Waals surface area contributed by atoms with E-state index in [1.807, 2.05) is 51.2 Å². The minimum Gasteiger partial charge on any atom is -0.370 e. The van der Waals surface area contributed by atoms with Gasteiger partial charge in [-0.05, 0) is 19.1 Å². The van der Waals surface area contributed by atoms with E-state index >= 15 is 0 Å². The highest BCUT2D eigenvalue weighted by atomic mass is 16.5. The van der Waals surface area contributed by atoms with Crippen molar-refractivity contribution >= 4 is 11.6 Å². The Morgan fingerprint density at radius 3 is 2.55 bits per heavy atom. The molecule has 5 nitrogen and oxygen atoms in total. The number of likely N-dealkylation sites (N-methyl/N-ethyl adjacent to an activating group) is 1. The SMILES string of the molecule is CC(C)c1cc(C(=O)NCC(C)N(C)c2ccccc2)no1. The number of rotatable bonds is 6. The van der Waals surface area contributed by atoms with E-state index in [0.717, 1.165) is 11.4 Å². The van der Waals surface area contributed by atoms with Gasteiger partial charge in [0.1, 0.15) is 5.76 Å². The zero-order valence-electron chi connectivity index (χ0n) is 13.5. The zero-order valence-corrected chi connectivity index (χ0v) is 13.5. The molecule has 2 rings (SSSR count). The van der Waals surface area contributed by atoms with Crippen LogP contribution in [0.1, 0.15) is 42.9 Å². The summed E-state index contributed by atoms with van der Waals surface area (Å²) in [5.74, 6) is 0.737. The van der Waals surface area contributed by atoms with Crippen LogP contribution < -0.4 is 10.2 Å². The van der Waals surface area contributed by atoms with Crippen LogP contribution in [0.3, 0.4) is 0 Å². The first-order chi connectivity index (χ1) is 10.5. The molecule has 0 bridgehead atoms. The van der Waals surface area contributed by atoms with Crippen LogP contribution in [0, 0.1) is 0 Å². The van der Waals surface area contributed by atoms with E-state index in [4.69, 9.17) is 4.52 Å². The van der Waals surface area contributed by atoms with Crippen LogP contribution in [0.25, 0.3) is 0 Å². The molecule has 0 saturated heterocycles. The first-order valence-corrected chi connectivity index (χ1v) is 7.51. The van der Waals surface area contributed by atoms with Crippen molar-refractivity contribution in [1.82, 2.24) is 10.5 Å². The second-order valence-electron chi connectivity index (χ2n) is 5.77. The Bertz CT molecular complexity index is 607. The van der Waals surface area contributed by atoms with Gasteiger partial charge in [-0.1, -0.05) is 37.2 Å². The number of carbonyl (C=O) groups is 1. The molecule has 2 aromatic rings. The Hall–Kier alpha value is -2.30. The van der Waals surface area contributed by atoms with Gasteiger partial charge in [-0.25, -0.2) is 0 Å². The number of nitrogens with zero attached hydrogens (tertiary/aromatic N) is 2. The molecule has 0 aliphatic rings. The van der Waals surface area contributed by atoms with Gasteiger partial charge in [0.25, 0.3) is 5.91 Å². The molecule has 118 valence electrons. The van der Waals surface area contributed by atoms with Gasteiger partial charge in [-0.2, -0.15) is 0 Å². The lowest BCUT2D eigenvalue weighted by atomic mass is 10.1. The number of hydrogen-bond donors (Lipinski definition) is 1. The topological polar surface area (TPSA) is 58.4 Å². The highest BCUT2D eigenvalue weighted by Crippen LogP contribution is 2.15. The lowest BCUT2D eigenvalue weighted by molar-refractivity contribution is 0.0942. The maximum Gasteiger partial charge on any atom is 0.273 e. The molecule has 0 radical (unpaired) electrons. The summed E-state index contributed by atoms with van der Waals surface area (Å²) in [6.45, 7) is 6.60. The van der Waals surface area contributed by atoms with Crippen molar-refractivity contribution in [1.29, 1.82) is 0 Å². The third kappa shape index (κ3) is 3.87. The summed E-state index contributed by atoms with van der Waals surface area (Å²) in [6, 6.07) is 11.9. The van der Waals surface area contributed by atoms with E-state index < -0.39 is 0 Å². The van der Waals surface area contributed by atoms with Crippen LogP contribution >= 0.6 is 0 Å². The molecule has 5 heteroatoms. The van der Waals surface area contributed by atoms with Gasteiger partial charge < -0.3 is 14.7 Å². The maximum absolute atomic E-state index is 12.1. The number of para-hydroxylation sites is 1. The lowest BCUT2D eigenvalue weighted by Crippen LogP contribution is -2.40. The molecule has 0 aliphatic carbocycles. The summed E-state index contributed by atoms with van der Waals surface area (Å²) in [7, 11) is 2.01. The van der Waals surface area contributed by atoms with E-state index in [1.54, 1.807) is 6.07 Å². The molecular formula is C17H23N3O2. The number of aromatic nitrogens is 1. The number of benzene rings is 1. The zero-order chi connectivity index (χ0) is 16.1. The standard InChI is InChI=1S/C17H23N3O2/c1-12(2)16-10-15(19-22-16)17(21)18-11-13(3)20(4)14-8-6-5-7-9-14/h5-10,12-13H,11H2,1-4H3,(H,18,21). The summed E-state index contributed by atoms with van der Waals surface area (Å²) in [5.41, 5.74) is 1.45. The van der Waals surface area contributed by atoms with Gasteiger partial charge in [0.05, 0.1) is 0 Å². The van der Waals surface area contributed by atoms with E-state index in [1.165, 1.54) is 0 Å². The molecule has 0 saturated carbocycles. The monoisotopic (exact) mass is 301 g/mol. The summed E-state index contributed by atoms with van der Waals surface area (Å²) >= 11 is 0. The predicted molar refractivity (Wildman–Crippen MR) is 87.2 cm³/mol. The fourth-order valence-electron chi connectivity index (χ4n) is 2.05. The molecule has 1 atom stereocenters. The van der Waals surface area contributed by atoms with Gasteiger partial charge in [0.2, 0.25) is 0 Å². The van der Waals surface area contributed by atoms with Crippen LogP contribution in [-0.4, -0.2) is 30.7 Å². The van der Waals surface area contributed by atoms with E-state index in [-0.39, 0.29) is 17.9 Å². The van der Waals surface area contributed by atoms with Crippen LogP contribution in [0.4, 0.5) is 5.69 Å². The van der Waals surface area contributed by atoms with Crippen molar-refractivity contribution in [3.8, 4) is 0 Å². The van der Waals surface area contributed by atoms with Gasteiger partial charge in [0.15, 0.2) is 5.69 Å². The predicted octanol–water partition coefficient (Wildman–Crippen LogP) is 3.05. The fourth-order valence-corrected chi connectivity index (χ4v) is 2.05. The Morgan fingerprint density at radius 1 is 1.27 bits per heavy atom. The van der Waals surface area contributed by atoms with Crippen LogP contribution in [0.5, 0.6) is 0 Å². The molecule has 0 aliphatic heterocycles. The van der Waals surface area contributed by atoms with Crippen molar-refractivity contribution in [2.45, 2.75) is 32.7 Å². The van der Waals surface area contributed by atoms with Crippen molar-refractivity contribution in [2.75, 3.05) is 18.5 Å². The average Bonchev–Trinajstić information content (AvgIpc) is 3.02. The van der Waals surface area contributed by atoms with Gasteiger partial charge in [-0.3, -0.25) is 4.79 Å². The molecular weight excluding hydrogens is 278 g/mol. The molecule has 1 heterocycles. The number of amides is 1. The molecule has 1 amide bonds. The van der Waals surface area contributed by atoms with Gasteiger partial charge >= 0.3 is 0 Å². The fraction of sp³-hybridized carbons (Fsp3) is 0.412. The molecule has 1 aromatic carbocycles. The summed E-state index contributed by atoms with van der Waals surface area (Å²) in [5, 5.41) is 6.72. The number of carbonyl (C=O) groups excluding carboxylic acids is 1. The Labute approximate surface area is 131 Å². The Morgan fingerprint density at radius 2 is 1.95 bits per heavy atom. The Balaban J connectivity index is 1.90. The van der Waals surface area contributed by atoms with E-state index in [9.17, 15) is 4.79 Å². The van der Waals surface area contributed by atoms with Crippen LogP contribution in [0.2, 0.25) is 0 Å². The average molecular weight is 301 g/mol. The Kier molecular flexibility index (Phi) is 5.20. The van der Waals surface area contributed by atoms with E-state index in [2.05, 4.69) is 22.3 Å². The number of hydrogen-bond acceptors (Lipinski definition) is 4. The van der Waals surface area contributed by atoms with E-state index in [0.29, 0.717) is 12.2 Å². The summed E-state index contributed by atoms with van der Waals surface area (Å²) in [6.07, 6.45) is 0. The third-order valence-corrected chi connectivity index (χ3v) is 3.71.